The Morgan fingerprint density at radius 3 is 1.30 bits per heavy atom. The fraction of sp³-hybridized carbons (Fsp3) is 0.730. The van der Waals surface area contributed by atoms with Gasteiger partial charge < -0.3 is 14.9 Å². The number of hydrogen-bond donors (Lipinski definition) is 1. The molecule has 0 amide bonds. The van der Waals surface area contributed by atoms with Gasteiger partial charge in [0.2, 0.25) is 0 Å². The van der Waals surface area contributed by atoms with Crippen molar-refractivity contribution in [1.29, 1.82) is 0 Å². The first-order chi connectivity index (χ1) is 19.8. The molecule has 0 unspecified atom stereocenters. The highest BCUT2D eigenvalue weighted by Gasteiger charge is 2.47. The van der Waals surface area contributed by atoms with Gasteiger partial charge in [0.1, 0.15) is 0 Å². The maximum Gasteiger partial charge on any atom is 0.0708 e. The lowest BCUT2D eigenvalue weighted by Crippen LogP contribution is -2.44. The van der Waals surface area contributed by atoms with E-state index in [2.05, 4.69) is 46.2 Å². The maximum atomic E-state index is 10.6. The summed E-state index contributed by atoms with van der Waals surface area (Å²) in [6.07, 6.45) is 31.4. The van der Waals surface area contributed by atoms with Crippen LogP contribution in [0.4, 0.5) is 0 Å². The zero-order valence-electron chi connectivity index (χ0n) is 25.2. The Morgan fingerprint density at radius 2 is 0.950 bits per heavy atom. The molecule has 1 aromatic rings. The molecule has 4 fully saturated rings. The van der Waals surface area contributed by atoms with Gasteiger partial charge in [-0.2, -0.15) is 0 Å². The van der Waals surface area contributed by atoms with Crippen LogP contribution in [0.1, 0.15) is 134 Å². The molecule has 6 rings (SSSR count). The third-order valence-corrected chi connectivity index (χ3v) is 11.0. The van der Waals surface area contributed by atoms with E-state index in [0.717, 1.165) is 6.42 Å². The smallest absolute Gasteiger partial charge is 0.0708 e. The lowest BCUT2D eigenvalue weighted by molar-refractivity contribution is 0.113. The Kier molecular flexibility index (Phi) is 9.90. The number of benzene rings is 1. The topological polar surface area (TPSA) is 26.7 Å². The number of rotatable bonds is 10. The number of aliphatic hydroxyl groups excluding tert-OH is 1. The lowest BCUT2D eigenvalue weighted by Gasteiger charge is -2.43. The highest BCUT2D eigenvalue weighted by Crippen LogP contribution is 2.52. The van der Waals surface area contributed by atoms with Crippen molar-refractivity contribution in [3.05, 3.63) is 58.9 Å². The zero-order chi connectivity index (χ0) is 27.1. The molecule has 0 radical (unpaired) electrons. The molecule has 0 aliphatic heterocycles. The molecule has 4 saturated carbocycles. The second kappa shape index (κ2) is 14.0. The molecule has 0 bridgehead atoms. The molecule has 0 aromatic heterocycles. The van der Waals surface area contributed by atoms with E-state index in [4.69, 9.17) is 0 Å². The Morgan fingerprint density at radius 1 is 0.575 bits per heavy atom. The van der Waals surface area contributed by atoms with Crippen molar-refractivity contribution in [2.75, 3.05) is 6.61 Å². The molecule has 5 aliphatic carbocycles. The van der Waals surface area contributed by atoms with Gasteiger partial charge in [-0.3, -0.25) is 0 Å². The van der Waals surface area contributed by atoms with E-state index in [1.54, 1.807) is 17.0 Å². The Balaban J connectivity index is 1.38. The quantitative estimate of drug-likeness (QED) is 0.318. The van der Waals surface area contributed by atoms with Crippen LogP contribution in [-0.2, 0) is 6.42 Å². The highest BCUT2D eigenvalue weighted by molar-refractivity contribution is 5.66. The summed E-state index contributed by atoms with van der Waals surface area (Å²) < 4.78 is 0. The summed E-state index contributed by atoms with van der Waals surface area (Å²) in [6, 6.07) is 13.7. The molecule has 0 spiro atoms. The van der Waals surface area contributed by atoms with Crippen molar-refractivity contribution in [3.8, 4) is 0 Å². The normalized spacial score (nSPS) is 24.7. The molecule has 40 heavy (non-hydrogen) atoms. The predicted octanol–water partition coefficient (Wildman–Crippen LogP) is 8.92. The van der Waals surface area contributed by atoms with Gasteiger partial charge in [0.05, 0.1) is 11.4 Å². The van der Waals surface area contributed by atoms with Crippen LogP contribution in [0.3, 0.4) is 0 Å². The first kappa shape index (κ1) is 28.4. The van der Waals surface area contributed by atoms with Crippen LogP contribution < -0.4 is 0 Å². The van der Waals surface area contributed by atoms with Gasteiger partial charge in [0.25, 0.3) is 0 Å². The summed E-state index contributed by atoms with van der Waals surface area (Å²) in [5, 5.41) is 10.6. The van der Waals surface area contributed by atoms with E-state index in [0.29, 0.717) is 24.2 Å². The van der Waals surface area contributed by atoms with Crippen molar-refractivity contribution < 1.29 is 5.11 Å². The third-order valence-electron chi connectivity index (χ3n) is 11.0. The zero-order valence-corrected chi connectivity index (χ0v) is 25.2. The van der Waals surface area contributed by atoms with Crippen molar-refractivity contribution in [3.63, 3.8) is 0 Å². The number of nitrogens with zero attached hydrogens (tertiary/aromatic N) is 2. The van der Waals surface area contributed by atoms with E-state index in [9.17, 15) is 5.11 Å². The van der Waals surface area contributed by atoms with Crippen LogP contribution >= 0.6 is 0 Å². The Hall–Kier alpha value is -1.74. The van der Waals surface area contributed by atoms with Gasteiger partial charge in [-0.1, -0.05) is 113 Å². The van der Waals surface area contributed by atoms with E-state index in [-0.39, 0.29) is 12.5 Å². The van der Waals surface area contributed by atoms with E-state index in [1.165, 1.54) is 134 Å². The van der Waals surface area contributed by atoms with Crippen LogP contribution in [0.2, 0.25) is 0 Å². The van der Waals surface area contributed by atoms with Gasteiger partial charge in [-0.15, -0.1) is 0 Å². The molecule has 3 nitrogen and oxygen atoms in total. The molecule has 220 valence electrons. The number of allylic oxidation sites excluding steroid dienone is 2. The monoisotopic (exact) mass is 544 g/mol. The van der Waals surface area contributed by atoms with Gasteiger partial charge in [-0.25, -0.2) is 0 Å². The summed E-state index contributed by atoms with van der Waals surface area (Å²) in [6.45, 7) is 0.235. The summed E-state index contributed by atoms with van der Waals surface area (Å²) in [4.78, 5) is 6.05. The van der Waals surface area contributed by atoms with Crippen molar-refractivity contribution in [1.82, 2.24) is 9.80 Å². The van der Waals surface area contributed by atoms with Gasteiger partial charge in [0.15, 0.2) is 0 Å². The maximum absolute atomic E-state index is 10.6. The lowest BCUT2D eigenvalue weighted by atomic mass is 9.88. The first-order valence-electron chi connectivity index (χ1n) is 17.5. The second-order valence-corrected chi connectivity index (χ2v) is 13.9. The average molecular weight is 545 g/mol. The largest absolute Gasteiger partial charge is 0.396 e. The third kappa shape index (κ3) is 6.66. The molecule has 3 heteroatoms. The van der Waals surface area contributed by atoms with E-state index < -0.39 is 0 Å². The highest BCUT2D eigenvalue weighted by atomic mass is 16.3. The standard InChI is InChI=1S/C37H56N2O/c40-28-30(26-29-16-6-1-7-17-29)27-35-36(38(31-18-8-2-9-19-31)32-20-10-3-11-21-32)37(35)39(33-22-12-4-13-23-33)34-24-14-5-15-25-34/h1,6-7,16-17,27,30-34,40H,2-5,8-15,18-26,28H2/t30-/m1/s1. The van der Waals surface area contributed by atoms with Crippen molar-refractivity contribution >= 4 is 0 Å². The molecule has 1 N–H and O–H groups in total. The summed E-state index contributed by atoms with van der Waals surface area (Å²) in [7, 11) is 0. The fourth-order valence-corrected chi connectivity index (χ4v) is 8.95. The van der Waals surface area contributed by atoms with Crippen LogP contribution in [0, 0.1) is 5.92 Å². The summed E-state index contributed by atoms with van der Waals surface area (Å²) in [5.74, 6) is 0.184. The minimum absolute atomic E-state index is 0.184. The number of hydrogen-bond acceptors (Lipinski definition) is 3. The summed E-state index contributed by atoms with van der Waals surface area (Å²) in [5.41, 5.74) is 6.17. The molecule has 0 saturated heterocycles. The predicted molar refractivity (Wildman–Crippen MR) is 167 cm³/mol. The van der Waals surface area contributed by atoms with Crippen LogP contribution in [-0.4, -0.2) is 45.7 Å². The van der Waals surface area contributed by atoms with Crippen LogP contribution in [0.25, 0.3) is 0 Å². The van der Waals surface area contributed by atoms with Crippen LogP contribution in [0.5, 0.6) is 0 Å². The Bertz CT molecular complexity index is 887. The fourth-order valence-electron chi connectivity index (χ4n) is 8.95. The van der Waals surface area contributed by atoms with Gasteiger partial charge >= 0.3 is 0 Å². The number of aliphatic hydroxyl groups is 1. The molecule has 1 atom stereocenters. The van der Waals surface area contributed by atoms with Crippen molar-refractivity contribution in [2.45, 2.75) is 159 Å². The average Bonchev–Trinajstić information content (AvgIpc) is 3.71. The SMILES string of the molecule is OC[C@@H](C=C1C(N(C2CCCCC2)C2CCCCC2)=C1N(C1CCCCC1)C1CCCCC1)Cc1ccccc1. The molecule has 5 aliphatic rings. The van der Waals surface area contributed by atoms with E-state index in [1.807, 2.05) is 0 Å². The first-order valence-corrected chi connectivity index (χ1v) is 17.5. The van der Waals surface area contributed by atoms with Gasteiger partial charge in [0, 0.05) is 42.3 Å². The van der Waals surface area contributed by atoms with Gasteiger partial charge in [-0.05, 0) is 63.4 Å². The molecular weight excluding hydrogens is 488 g/mol. The second-order valence-electron chi connectivity index (χ2n) is 13.9. The molecule has 0 heterocycles. The van der Waals surface area contributed by atoms with Crippen molar-refractivity contribution in [2.24, 2.45) is 5.92 Å². The minimum atomic E-state index is 0.184. The minimum Gasteiger partial charge on any atom is -0.396 e. The molecular formula is C37H56N2O. The summed E-state index contributed by atoms with van der Waals surface area (Å²) >= 11 is 0. The van der Waals surface area contributed by atoms with E-state index >= 15 is 0 Å². The Labute approximate surface area is 245 Å². The van der Waals surface area contributed by atoms with Crippen LogP contribution in [0.15, 0.2) is 53.4 Å². The molecule has 1 aromatic carbocycles.